The summed E-state index contributed by atoms with van der Waals surface area (Å²) in [6, 6.07) is 23.4. The average molecular weight is 575 g/mol. The Kier molecular flexibility index (Phi) is 9.34. The van der Waals surface area contributed by atoms with Gasteiger partial charge < -0.3 is 0 Å². The Balaban J connectivity index is 2.50. The van der Waals surface area contributed by atoms with Gasteiger partial charge in [-0.1, -0.05) is 144 Å². The maximum Gasteiger partial charge on any atom is 0.0197 e. The third-order valence-corrected chi connectivity index (χ3v) is 13.7. The van der Waals surface area contributed by atoms with Crippen LogP contribution in [0.3, 0.4) is 0 Å². The summed E-state index contributed by atoms with van der Waals surface area (Å²) in [5.41, 5.74) is 8.95. The zero-order valence-corrected chi connectivity index (χ0v) is 30.1. The summed E-state index contributed by atoms with van der Waals surface area (Å²) >= 11 is 0. The molecule has 0 aromatic heterocycles. The van der Waals surface area contributed by atoms with Gasteiger partial charge in [-0.05, 0) is 87.4 Å². The van der Waals surface area contributed by atoms with Gasteiger partial charge in [-0.3, -0.25) is 0 Å². The maximum atomic E-state index is 3.41. The Morgan fingerprint density at radius 2 is 0.925 bits per heavy atom. The molecule has 0 fully saturated rings. The van der Waals surface area contributed by atoms with Crippen molar-refractivity contribution in [2.24, 2.45) is 10.8 Å². The van der Waals surface area contributed by atoms with Gasteiger partial charge in [-0.2, -0.15) is 0 Å². The Bertz CT molecular complexity index is 1270. The molecule has 0 aliphatic rings. The van der Waals surface area contributed by atoms with Crippen molar-refractivity contribution in [2.45, 2.75) is 119 Å². The molecule has 0 aliphatic heterocycles. The van der Waals surface area contributed by atoms with Crippen LogP contribution in [0.5, 0.6) is 0 Å². The third kappa shape index (κ3) is 6.45. The summed E-state index contributed by atoms with van der Waals surface area (Å²) in [6.07, 6.45) is 1.04. The Morgan fingerprint density at radius 1 is 0.550 bits per heavy atom. The van der Waals surface area contributed by atoms with Gasteiger partial charge >= 0.3 is 0 Å². The molecule has 40 heavy (non-hydrogen) atoms. The SMILES string of the molecule is Cc1ccccc1P(Cc1cc(C(C)(C)C)c(C(C)(C)C)cc1C(P)(C(C)(C)C)C(C)(C)C)c1ccccc1C. The van der Waals surface area contributed by atoms with Crippen LogP contribution in [0.25, 0.3) is 0 Å². The molecule has 0 spiro atoms. The Morgan fingerprint density at radius 3 is 1.27 bits per heavy atom. The average Bonchev–Trinajstić information content (AvgIpc) is 2.80. The number of rotatable bonds is 5. The van der Waals surface area contributed by atoms with Gasteiger partial charge in [-0.15, -0.1) is 9.24 Å². The molecule has 0 aliphatic carbocycles. The molecule has 0 amide bonds. The highest BCUT2D eigenvalue weighted by atomic mass is 31.1. The second kappa shape index (κ2) is 11.3. The predicted octanol–water partition coefficient (Wildman–Crippen LogP) is 10.7. The van der Waals surface area contributed by atoms with Crippen LogP contribution in [0.4, 0.5) is 0 Å². The molecule has 1 unspecified atom stereocenters. The lowest BCUT2D eigenvalue weighted by molar-refractivity contribution is 0.139. The molecule has 0 saturated heterocycles. The van der Waals surface area contributed by atoms with Gasteiger partial charge in [0.25, 0.3) is 0 Å². The summed E-state index contributed by atoms with van der Waals surface area (Å²) in [6.45, 7) is 33.4. The second-order valence-electron chi connectivity index (χ2n) is 16.0. The molecule has 0 nitrogen and oxygen atoms in total. The van der Waals surface area contributed by atoms with Crippen molar-refractivity contribution in [1.82, 2.24) is 0 Å². The van der Waals surface area contributed by atoms with Gasteiger partial charge in [0, 0.05) is 11.3 Å². The molecular weight excluding hydrogens is 518 g/mol. The molecule has 218 valence electrons. The minimum absolute atomic E-state index is 0.0388. The van der Waals surface area contributed by atoms with Gasteiger partial charge in [0.2, 0.25) is 0 Å². The van der Waals surface area contributed by atoms with Crippen molar-refractivity contribution in [3.8, 4) is 0 Å². The fourth-order valence-corrected chi connectivity index (χ4v) is 9.52. The zero-order valence-electron chi connectivity index (χ0n) is 28.0. The van der Waals surface area contributed by atoms with Crippen molar-refractivity contribution < 1.29 is 0 Å². The van der Waals surface area contributed by atoms with E-state index in [0.29, 0.717) is 0 Å². The van der Waals surface area contributed by atoms with Crippen LogP contribution in [0.1, 0.15) is 116 Å². The van der Waals surface area contributed by atoms with Crippen LogP contribution in [-0.4, -0.2) is 0 Å². The van der Waals surface area contributed by atoms with Gasteiger partial charge in [0.15, 0.2) is 0 Å². The van der Waals surface area contributed by atoms with E-state index in [1.165, 1.54) is 44.0 Å². The van der Waals surface area contributed by atoms with E-state index in [4.69, 9.17) is 0 Å². The third-order valence-electron chi connectivity index (χ3n) is 8.79. The summed E-state index contributed by atoms with van der Waals surface area (Å²) in [5, 5.41) is 2.87. The van der Waals surface area contributed by atoms with Crippen LogP contribution in [0.2, 0.25) is 0 Å². The highest BCUT2D eigenvalue weighted by molar-refractivity contribution is 7.72. The molecule has 3 aromatic rings. The van der Waals surface area contributed by atoms with Gasteiger partial charge in [0.05, 0.1) is 0 Å². The lowest BCUT2D eigenvalue weighted by Crippen LogP contribution is -2.46. The number of aryl methyl sites for hydroxylation is 2. The molecule has 0 bridgehead atoms. The van der Waals surface area contributed by atoms with E-state index < -0.39 is 7.92 Å². The fraction of sp³-hybridized carbons (Fsp3) is 0.526. The van der Waals surface area contributed by atoms with E-state index in [1.54, 1.807) is 0 Å². The van der Waals surface area contributed by atoms with E-state index >= 15 is 0 Å². The highest BCUT2D eigenvalue weighted by Crippen LogP contribution is 2.60. The first-order valence-electron chi connectivity index (χ1n) is 15.0. The second-order valence-corrected chi connectivity index (χ2v) is 19.0. The van der Waals surface area contributed by atoms with Crippen molar-refractivity contribution >= 4 is 27.8 Å². The Labute approximate surface area is 251 Å². The Hall–Kier alpha value is -1.48. The smallest absolute Gasteiger partial charge is 0.0197 e. The van der Waals surface area contributed by atoms with Crippen LogP contribution in [0, 0.1) is 24.7 Å². The molecule has 3 aromatic carbocycles. The molecule has 0 saturated carbocycles. The number of benzene rings is 3. The minimum Gasteiger partial charge on any atom is -0.125 e. The predicted molar refractivity (Wildman–Crippen MR) is 186 cm³/mol. The molecule has 3 rings (SSSR count). The van der Waals surface area contributed by atoms with Crippen LogP contribution < -0.4 is 10.6 Å². The van der Waals surface area contributed by atoms with E-state index in [-0.39, 0.29) is 26.8 Å². The number of hydrogen-bond donors (Lipinski definition) is 0. The minimum atomic E-state index is -0.599. The normalized spacial score (nSPS) is 13.7. The van der Waals surface area contributed by atoms with Crippen LogP contribution >= 0.6 is 17.2 Å². The summed E-state index contributed by atoms with van der Waals surface area (Å²) < 4.78 is 0. The van der Waals surface area contributed by atoms with E-state index in [1.807, 2.05) is 0 Å². The molecule has 0 radical (unpaired) electrons. The summed E-state index contributed by atoms with van der Waals surface area (Å²) in [4.78, 5) is 0. The van der Waals surface area contributed by atoms with E-state index in [9.17, 15) is 0 Å². The van der Waals surface area contributed by atoms with Crippen molar-refractivity contribution in [2.75, 3.05) is 0 Å². The largest absolute Gasteiger partial charge is 0.125 e. The van der Waals surface area contributed by atoms with E-state index in [2.05, 4.69) is 167 Å². The first kappa shape index (κ1) is 33.0. The van der Waals surface area contributed by atoms with Crippen LogP contribution in [0.15, 0.2) is 60.7 Å². The lowest BCUT2D eigenvalue weighted by atomic mass is 9.60. The lowest BCUT2D eigenvalue weighted by Gasteiger charge is -2.53. The highest BCUT2D eigenvalue weighted by Gasteiger charge is 2.50. The monoisotopic (exact) mass is 574 g/mol. The standard InChI is InChI=1S/C38H56P2/c1-26-19-15-17-21-32(26)40(33-22-18-16-20-27(33)2)25-28-23-30(34(3,4)5)31(35(6,7)8)24-29(28)38(39,36(9,10)11)37(12,13)14/h15-24H,25,39H2,1-14H3. The quantitative estimate of drug-likeness (QED) is 0.266. The van der Waals surface area contributed by atoms with E-state index in [0.717, 1.165) is 6.16 Å². The van der Waals surface area contributed by atoms with Crippen molar-refractivity contribution in [3.63, 3.8) is 0 Å². The molecule has 1 atom stereocenters. The van der Waals surface area contributed by atoms with Crippen molar-refractivity contribution in [3.05, 3.63) is 94.0 Å². The first-order valence-corrected chi connectivity index (χ1v) is 17.1. The van der Waals surface area contributed by atoms with Crippen molar-refractivity contribution in [1.29, 1.82) is 0 Å². The number of hydrogen-bond acceptors (Lipinski definition) is 0. The molecule has 0 heterocycles. The van der Waals surface area contributed by atoms with Gasteiger partial charge in [-0.25, -0.2) is 0 Å². The maximum absolute atomic E-state index is 3.41. The molecular formula is C38H56P2. The molecule has 0 N–H and O–H groups in total. The summed E-state index contributed by atoms with van der Waals surface area (Å²) in [5.74, 6) is 0. The topological polar surface area (TPSA) is 0 Å². The first-order chi connectivity index (χ1) is 18.1. The molecule has 2 heteroatoms. The summed E-state index contributed by atoms with van der Waals surface area (Å²) in [7, 11) is 2.81. The fourth-order valence-electron chi connectivity index (χ4n) is 6.52. The zero-order chi connectivity index (χ0) is 30.5. The van der Waals surface area contributed by atoms with Crippen LogP contribution in [-0.2, 0) is 22.1 Å². The van der Waals surface area contributed by atoms with Gasteiger partial charge in [0.1, 0.15) is 0 Å².